The molecule has 3 unspecified atom stereocenters. The van der Waals surface area contributed by atoms with Gasteiger partial charge in [-0.2, -0.15) is 0 Å². The molecule has 0 aromatic heterocycles. The molecular weight excluding hydrogens is 276 g/mol. The second-order valence-electron chi connectivity index (χ2n) is 6.73. The van der Waals surface area contributed by atoms with Gasteiger partial charge in [0.2, 0.25) is 0 Å². The number of aliphatic hydroxyl groups is 1. The normalized spacial score (nSPS) is 34.7. The molecular formula is C16H21F2NO2. The van der Waals surface area contributed by atoms with Crippen LogP contribution in [0.3, 0.4) is 0 Å². The first-order chi connectivity index (χ1) is 9.89. The van der Waals surface area contributed by atoms with Crippen molar-refractivity contribution < 1.29 is 18.6 Å². The maximum Gasteiger partial charge on any atom is 0.131 e. The highest BCUT2D eigenvalue weighted by molar-refractivity contribution is 5.29. The first-order valence-corrected chi connectivity index (χ1v) is 7.36. The zero-order chi connectivity index (χ0) is 15.3. The Morgan fingerprint density at radius 2 is 2.10 bits per heavy atom. The first kappa shape index (κ1) is 14.9. The second-order valence-corrected chi connectivity index (χ2v) is 6.73. The van der Waals surface area contributed by atoms with E-state index in [1.807, 2.05) is 0 Å². The van der Waals surface area contributed by atoms with E-state index in [0.29, 0.717) is 6.42 Å². The van der Waals surface area contributed by atoms with Crippen molar-refractivity contribution in [1.29, 1.82) is 0 Å². The van der Waals surface area contributed by atoms with E-state index in [1.165, 1.54) is 12.1 Å². The molecule has 5 heteroatoms. The Hall–Kier alpha value is -1.04. The summed E-state index contributed by atoms with van der Waals surface area (Å²) in [6, 6.07) is 3.37. The fourth-order valence-corrected chi connectivity index (χ4v) is 3.30. The van der Waals surface area contributed by atoms with Crippen LogP contribution in [0.15, 0.2) is 18.2 Å². The molecule has 2 fully saturated rings. The van der Waals surface area contributed by atoms with Gasteiger partial charge >= 0.3 is 0 Å². The number of ether oxygens (including phenoxy) is 1. The smallest absolute Gasteiger partial charge is 0.131 e. The van der Waals surface area contributed by atoms with Gasteiger partial charge in [0.05, 0.1) is 18.2 Å². The van der Waals surface area contributed by atoms with Gasteiger partial charge in [0, 0.05) is 24.2 Å². The fraction of sp³-hybridized carbons (Fsp3) is 0.625. The molecule has 1 aliphatic heterocycles. The Kier molecular flexibility index (Phi) is 3.55. The molecule has 0 amide bonds. The Morgan fingerprint density at radius 1 is 1.38 bits per heavy atom. The number of benzene rings is 1. The lowest BCUT2D eigenvalue weighted by Gasteiger charge is -2.45. The molecule has 1 aliphatic carbocycles. The van der Waals surface area contributed by atoms with Gasteiger partial charge in [-0.15, -0.1) is 0 Å². The number of hydrogen-bond acceptors (Lipinski definition) is 3. The minimum absolute atomic E-state index is 0.0508. The molecule has 21 heavy (non-hydrogen) atoms. The molecule has 0 radical (unpaired) electrons. The van der Waals surface area contributed by atoms with Gasteiger partial charge < -0.3 is 15.6 Å². The summed E-state index contributed by atoms with van der Waals surface area (Å²) in [4.78, 5) is 0. The van der Waals surface area contributed by atoms with Crippen LogP contribution in [0.2, 0.25) is 0 Å². The third-order valence-corrected chi connectivity index (χ3v) is 5.22. The number of halogens is 2. The summed E-state index contributed by atoms with van der Waals surface area (Å²) in [5, 5.41) is 9.71. The highest BCUT2D eigenvalue weighted by atomic mass is 19.1. The molecule has 3 nitrogen and oxygen atoms in total. The van der Waals surface area contributed by atoms with Crippen molar-refractivity contribution in [3.05, 3.63) is 35.4 Å². The van der Waals surface area contributed by atoms with Crippen molar-refractivity contribution in [2.24, 2.45) is 17.1 Å². The summed E-state index contributed by atoms with van der Waals surface area (Å²) in [5.41, 5.74) is 5.62. The number of aliphatic hydroxyl groups excluding tert-OH is 1. The van der Waals surface area contributed by atoms with Crippen molar-refractivity contribution in [2.45, 2.75) is 37.8 Å². The molecule has 3 atom stereocenters. The number of rotatable bonds is 3. The quantitative estimate of drug-likeness (QED) is 0.900. The third kappa shape index (κ3) is 2.47. The number of nitrogens with two attached hydrogens (primary N) is 1. The molecule has 1 aromatic carbocycles. The summed E-state index contributed by atoms with van der Waals surface area (Å²) >= 11 is 0. The molecule has 3 rings (SSSR count). The van der Waals surface area contributed by atoms with E-state index in [4.69, 9.17) is 10.5 Å². The standard InChI is InChI=1S/C16H21F2NO2/c1-15(4-5-15)14-6-10(8-20)16(19,9-21-14)12-3-2-11(17)7-13(12)18/h2-3,7,10,14,20H,4-6,8-9,19H2,1H3. The predicted octanol–water partition coefficient (Wildman–Crippen LogP) is 2.32. The van der Waals surface area contributed by atoms with Crippen molar-refractivity contribution in [1.82, 2.24) is 0 Å². The monoisotopic (exact) mass is 297 g/mol. The van der Waals surface area contributed by atoms with Crippen LogP contribution < -0.4 is 5.73 Å². The van der Waals surface area contributed by atoms with E-state index in [1.54, 1.807) is 0 Å². The Labute approximate surface area is 123 Å². The van der Waals surface area contributed by atoms with E-state index in [2.05, 4.69) is 6.92 Å². The molecule has 1 heterocycles. The zero-order valence-electron chi connectivity index (χ0n) is 12.1. The molecule has 1 saturated carbocycles. The van der Waals surface area contributed by atoms with Gasteiger partial charge in [-0.05, 0) is 30.7 Å². The van der Waals surface area contributed by atoms with Gasteiger partial charge in [-0.25, -0.2) is 8.78 Å². The maximum absolute atomic E-state index is 14.1. The lowest BCUT2D eigenvalue weighted by atomic mass is 9.73. The van der Waals surface area contributed by atoms with Crippen LogP contribution in [-0.2, 0) is 10.3 Å². The average molecular weight is 297 g/mol. The van der Waals surface area contributed by atoms with Gasteiger partial charge in [0.15, 0.2) is 0 Å². The highest BCUT2D eigenvalue weighted by Gasteiger charge is 2.52. The van der Waals surface area contributed by atoms with Crippen LogP contribution in [0.5, 0.6) is 0 Å². The molecule has 2 aliphatic rings. The average Bonchev–Trinajstić information content (AvgIpc) is 3.18. The van der Waals surface area contributed by atoms with Gasteiger partial charge in [0.25, 0.3) is 0 Å². The van der Waals surface area contributed by atoms with Gasteiger partial charge in [-0.3, -0.25) is 0 Å². The Bertz CT molecular complexity index is 547. The van der Waals surface area contributed by atoms with E-state index in [0.717, 1.165) is 18.9 Å². The van der Waals surface area contributed by atoms with Crippen LogP contribution in [0.1, 0.15) is 31.7 Å². The molecule has 1 saturated heterocycles. The van der Waals surface area contributed by atoms with E-state index < -0.39 is 17.2 Å². The largest absolute Gasteiger partial charge is 0.396 e. The highest BCUT2D eigenvalue weighted by Crippen LogP contribution is 2.53. The topological polar surface area (TPSA) is 55.5 Å². The third-order valence-electron chi connectivity index (χ3n) is 5.22. The summed E-state index contributed by atoms with van der Waals surface area (Å²) in [6.45, 7) is 2.17. The Balaban J connectivity index is 1.89. The van der Waals surface area contributed by atoms with Gasteiger partial charge in [-0.1, -0.05) is 13.0 Å². The van der Waals surface area contributed by atoms with Crippen LogP contribution in [0.4, 0.5) is 8.78 Å². The molecule has 116 valence electrons. The van der Waals surface area contributed by atoms with Crippen molar-refractivity contribution in [3.8, 4) is 0 Å². The van der Waals surface area contributed by atoms with Crippen LogP contribution in [0, 0.1) is 23.0 Å². The fourth-order valence-electron chi connectivity index (χ4n) is 3.30. The lowest BCUT2D eigenvalue weighted by Crippen LogP contribution is -2.56. The zero-order valence-corrected chi connectivity index (χ0v) is 12.1. The lowest BCUT2D eigenvalue weighted by molar-refractivity contribution is -0.102. The first-order valence-electron chi connectivity index (χ1n) is 7.36. The molecule has 3 N–H and O–H groups in total. The minimum Gasteiger partial charge on any atom is -0.396 e. The summed E-state index contributed by atoms with van der Waals surface area (Å²) in [5.74, 6) is -1.62. The van der Waals surface area contributed by atoms with Crippen molar-refractivity contribution in [3.63, 3.8) is 0 Å². The minimum atomic E-state index is -1.12. The SMILES string of the molecule is CC1(C2CC(CO)C(N)(c3ccc(F)cc3F)CO2)CC1. The van der Waals surface area contributed by atoms with E-state index in [-0.39, 0.29) is 36.2 Å². The predicted molar refractivity (Wildman–Crippen MR) is 74.5 cm³/mol. The molecule has 0 spiro atoms. The van der Waals surface area contributed by atoms with Crippen LogP contribution in [0.25, 0.3) is 0 Å². The summed E-state index contributed by atoms with van der Waals surface area (Å²) in [6.07, 6.45) is 2.87. The summed E-state index contributed by atoms with van der Waals surface area (Å²) in [7, 11) is 0. The Morgan fingerprint density at radius 3 is 2.67 bits per heavy atom. The van der Waals surface area contributed by atoms with Crippen LogP contribution in [-0.4, -0.2) is 24.4 Å². The molecule has 0 bridgehead atoms. The van der Waals surface area contributed by atoms with Crippen molar-refractivity contribution >= 4 is 0 Å². The second kappa shape index (κ2) is 5.00. The van der Waals surface area contributed by atoms with Gasteiger partial charge in [0.1, 0.15) is 11.6 Å². The molecule has 1 aromatic rings. The maximum atomic E-state index is 14.1. The van der Waals surface area contributed by atoms with E-state index >= 15 is 0 Å². The number of hydrogen-bond donors (Lipinski definition) is 2. The van der Waals surface area contributed by atoms with Crippen LogP contribution >= 0.6 is 0 Å². The summed E-state index contributed by atoms with van der Waals surface area (Å²) < 4.78 is 33.1. The van der Waals surface area contributed by atoms with E-state index in [9.17, 15) is 13.9 Å². The van der Waals surface area contributed by atoms with Crippen molar-refractivity contribution in [2.75, 3.05) is 13.2 Å².